The lowest BCUT2D eigenvalue weighted by Crippen LogP contribution is -2.45. The van der Waals surface area contributed by atoms with Crippen molar-refractivity contribution in [1.29, 1.82) is 0 Å². The summed E-state index contributed by atoms with van der Waals surface area (Å²) in [6.45, 7) is 7.45. The zero-order chi connectivity index (χ0) is 36.5. The number of hydrogen-bond donors (Lipinski definition) is 1. The summed E-state index contributed by atoms with van der Waals surface area (Å²) in [7, 11) is -3.17. The van der Waals surface area contributed by atoms with E-state index in [-0.39, 0.29) is 27.2 Å². The zero-order valence-electron chi connectivity index (χ0n) is 27.5. The first kappa shape index (κ1) is 38.4. The maximum absolute atomic E-state index is 13.5. The van der Waals surface area contributed by atoms with Crippen LogP contribution in [0.1, 0.15) is 45.4 Å². The van der Waals surface area contributed by atoms with Gasteiger partial charge in [-0.3, -0.25) is 0 Å². The molecule has 0 spiro atoms. The van der Waals surface area contributed by atoms with E-state index in [9.17, 15) is 36.4 Å². The molecule has 2 aromatic carbocycles. The number of carbonyl (C=O) groups is 2. The van der Waals surface area contributed by atoms with E-state index in [1.54, 1.807) is 49.8 Å². The van der Waals surface area contributed by atoms with Crippen molar-refractivity contribution in [3.8, 4) is 16.9 Å². The lowest BCUT2D eigenvalue weighted by Gasteiger charge is -2.27. The quantitative estimate of drug-likeness (QED) is 0.0521. The molecule has 0 unspecified atom stereocenters. The number of alkyl halides is 3. The molecule has 0 fully saturated rings. The number of benzene rings is 2. The van der Waals surface area contributed by atoms with E-state index in [1.165, 1.54) is 19.2 Å². The van der Waals surface area contributed by atoms with Crippen molar-refractivity contribution in [2.75, 3.05) is 20.4 Å². The number of hydrazine groups is 1. The van der Waals surface area contributed by atoms with E-state index in [4.69, 9.17) is 9.47 Å². The number of aromatic nitrogens is 2. The molecule has 0 saturated heterocycles. The topological polar surface area (TPSA) is 177 Å². The third kappa shape index (κ3) is 10.7. The Morgan fingerprint density at radius 1 is 1.08 bits per heavy atom. The van der Waals surface area contributed by atoms with Crippen molar-refractivity contribution in [2.45, 2.75) is 64.3 Å². The Labute approximate surface area is 280 Å². The van der Waals surface area contributed by atoms with Gasteiger partial charge in [0, 0.05) is 5.56 Å². The molecule has 15 nitrogen and oxygen atoms in total. The first-order valence-electron chi connectivity index (χ1n) is 14.8. The molecule has 1 N–H and O–H groups in total. The van der Waals surface area contributed by atoms with Crippen LogP contribution in [0.5, 0.6) is 0 Å². The Kier molecular flexibility index (Phi) is 12.8. The average molecular weight is 715 g/mol. The van der Waals surface area contributed by atoms with Crippen molar-refractivity contribution >= 4 is 22.3 Å². The molecule has 0 aliphatic carbocycles. The third-order valence-corrected chi connectivity index (χ3v) is 8.41. The van der Waals surface area contributed by atoms with E-state index in [0.29, 0.717) is 12.0 Å². The van der Waals surface area contributed by atoms with Gasteiger partial charge in [0.25, 0.3) is 16.8 Å². The van der Waals surface area contributed by atoms with Gasteiger partial charge < -0.3 is 24.3 Å². The van der Waals surface area contributed by atoms with Crippen molar-refractivity contribution in [1.82, 2.24) is 19.5 Å². The summed E-state index contributed by atoms with van der Waals surface area (Å²) < 4.78 is 83.8. The van der Waals surface area contributed by atoms with Gasteiger partial charge in [-0.2, -0.15) is 18.3 Å². The minimum atomic E-state index is -4.73. The maximum atomic E-state index is 13.5. The first-order chi connectivity index (χ1) is 22.9. The predicted molar refractivity (Wildman–Crippen MR) is 166 cm³/mol. The molecular formula is C30H37F3N6O9S. The monoisotopic (exact) mass is 714 g/mol. The zero-order valence-corrected chi connectivity index (χ0v) is 28.3. The normalized spacial score (nSPS) is 13.4. The van der Waals surface area contributed by atoms with E-state index in [2.05, 4.69) is 20.0 Å². The highest BCUT2D eigenvalue weighted by Gasteiger charge is 2.35. The molecule has 1 amide bonds. The standard InChI is InChI=1S/C30H37F3N6O9S/c1-7-21(5)26(37(6)39(42)36-47-18-46-29(41)48-19(2)3)17-45-28(40)35-49(43,44)24-14-12-23(13-15-24)38-25(16-27(34-38)30(31,32)33)22-10-8-20(4)9-11-22/h8-16,19,21,26H,7,17-18H2,1-6H3,(H,35,40)/t21-,26-/m1/s1. The number of hydrogen-bond acceptors (Lipinski definition) is 11. The van der Waals surface area contributed by atoms with Crippen LogP contribution in [-0.4, -0.2) is 73.0 Å². The maximum Gasteiger partial charge on any atom is 0.511 e. The first-order valence-corrected chi connectivity index (χ1v) is 16.3. The molecular weight excluding hydrogens is 677 g/mol. The molecule has 49 heavy (non-hydrogen) atoms. The smallest absolute Gasteiger partial charge is 0.511 e. The summed E-state index contributed by atoms with van der Waals surface area (Å²) in [5.74, 6) is -0.268. The highest BCUT2D eigenvalue weighted by molar-refractivity contribution is 7.90. The van der Waals surface area contributed by atoms with Gasteiger partial charge in [0.1, 0.15) is 12.6 Å². The minimum Gasteiger partial charge on any atom is -0.569 e. The molecule has 19 heteroatoms. The van der Waals surface area contributed by atoms with Crippen LogP contribution in [0, 0.1) is 18.0 Å². The second kappa shape index (κ2) is 16.4. The molecule has 3 rings (SSSR count). The number of nitrogens with zero attached hydrogens (tertiary/aromatic N) is 5. The molecule has 0 radical (unpaired) electrons. The van der Waals surface area contributed by atoms with Gasteiger partial charge in [0.2, 0.25) is 5.28 Å². The van der Waals surface area contributed by atoms with Crippen LogP contribution in [0.2, 0.25) is 0 Å². The molecule has 0 bridgehead atoms. The Hall–Kier alpha value is -5.07. The van der Waals surface area contributed by atoms with Crippen LogP contribution in [0.4, 0.5) is 22.8 Å². The summed E-state index contributed by atoms with van der Waals surface area (Å²) in [5, 5.41) is 20.4. The van der Waals surface area contributed by atoms with Crippen LogP contribution in [0.15, 0.2) is 64.8 Å². The average Bonchev–Trinajstić information content (AvgIpc) is 3.49. The van der Waals surface area contributed by atoms with Gasteiger partial charge in [0.05, 0.1) is 34.4 Å². The van der Waals surface area contributed by atoms with Crippen LogP contribution < -0.4 is 4.72 Å². The van der Waals surface area contributed by atoms with Crippen LogP contribution in [0.25, 0.3) is 16.9 Å². The number of likely N-dealkylation sites (N-methyl/N-ethyl adjacent to an activating group) is 1. The summed E-state index contributed by atoms with van der Waals surface area (Å²) >= 11 is 0. The second-order valence-electron chi connectivity index (χ2n) is 11.1. The number of carbonyl (C=O) groups excluding carboxylic acids is 2. The predicted octanol–water partition coefficient (Wildman–Crippen LogP) is 5.96. The van der Waals surface area contributed by atoms with Crippen molar-refractivity contribution < 1.29 is 55.2 Å². The second-order valence-corrected chi connectivity index (χ2v) is 12.7. The molecule has 0 aliphatic rings. The van der Waals surface area contributed by atoms with Gasteiger partial charge in [-0.15, -0.1) is 5.01 Å². The number of rotatable bonds is 14. The molecule has 1 heterocycles. The van der Waals surface area contributed by atoms with Gasteiger partial charge in [-0.25, -0.2) is 27.4 Å². The van der Waals surface area contributed by atoms with E-state index < -0.39 is 59.7 Å². The number of nitrogens with one attached hydrogen (secondary N) is 1. The highest BCUT2D eigenvalue weighted by atomic mass is 32.2. The van der Waals surface area contributed by atoms with Crippen LogP contribution >= 0.6 is 0 Å². The number of sulfonamides is 1. The molecule has 268 valence electrons. The minimum absolute atomic E-state index is 0.0367. The number of aryl methyl sites for hydroxylation is 1. The van der Waals surface area contributed by atoms with E-state index in [1.807, 2.05) is 13.8 Å². The van der Waals surface area contributed by atoms with Crippen molar-refractivity contribution in [3.05, 3.63) is 71.1 Å². The fraction of sp³-hybridized carbons (Fsp3) is 0.433. The summed E-state index contributed by atoms with van der Waals surface area (Å²) in [5.41, 5.74) is 0.474. The summed E-state index contributed by atoms with van der Waals surface area (Å²) in [4.78, 5) is 28.3. The fourth-order valence-corrected chi connectivity index (χ4v) is 5.13. The van der Waals surface area contributed by atoms with Crippen molar-refractivity contribution in [2.24, 2.45) is 11.2 Å². The van der Waals surface area contributed by atoms with Crippen LogP contribution in [-0.2, 0) is 35.2 Å². The fourth-order valence-electron chi connectivity index (χ4n) is 4.24. The SMILES string of the molecule is CC[C@@H](C)[C@@H](COC(=O)NS(=O)(=O)c1ccc(-n2nc(C(F)(F)F)cc2-c2ccc(C)cc2)cc1)N(C)[N+]([O-])=NOCOC(=O)OC(C)C. The molecule has 0 saturated carbocycles. The summed E-state index contributed by atoms with van der Waals surface area (Å²) in [6, 6.07) is 11.5. The Morgan fingerprint density at radius 3 is 2.29 bits per heavy atom. The Morgan fingerprint density at radius 2 is 1.71 bits per heavy atom. The molecule has 1 aromatic heterocycles. The lowest BCUT2D eigenvalue weighted by molar-refractivity contribution is -0.715. The number of amides is 1. The third-order valence-electron chi connectivity index (χ3n) is 7.08. The molecule has 2 atom stereocenters. The highest BCUT2D eigenvalue weighted by Crippen LogP contribution is 2.33. The van der Waals surface area contributed by atoms with Gasteiger partial charge >= 0.3 is 18.4 Å². The molecule has 3 aromatic rings. The van der Waals surface area contributed by atoms with Gasteiger partial charge in [0.15, 0.2) is 5.69 Å². The van der Waals surface area contributed by atoms with E-state index in [0.717, 1.165) is 33.5 Å². The van der Waals surface area contributed by atoms with Gasteiger partial charge in [-0.05, 0) is 57.0 Å². The lowest BCUT2D eigenvalue weighted by atomic mass is 10.00. The Bertz CT molecular complexity index is 1710. The number of ether oxygens (including phenoxy) is 3. The Balaban J connectivity index is 1.69. The summed E-state index contributed by atoms with van der Waals surface area (Å²) in [6.07, 6.45) is -7.01. The van der Waals surface area contributed by atoms with Crippen LogP contribution in [0.3, 0.4) is 0 Å². The van der Waals surface area contributed by atoms with Gasteiger partial charge in [-0.1, -0.05) is 50.1 Å². The van der Waals surface area contributed by atoms with E-state index >= 15 is 0 Å². The number of halogens is 3. The van der Waals surface area contributed by atoms with Crippen molar-refractivity contribution in [3.63, 3.8) is 0 Å². The largest absolute Gasteiger partial charge is 0.569 e. The molecule has 0 aliphatic heterocycles.